The van der Waals surface area contributed by atoms with Crippen molar-refractivity contribution in [1.82, 2.24) is 10.1 Å². The van der Waals surface area contributed by atoms with Crippen molar-refractivity contribution in [2.75, 3.05) is 6.61 Å². The van der Waals surface area contributed by atoms with Gasteiger partial charge in [-0.25, -0.2) is 0 Å². The maximum absolute atomic E-state index is 5.63. The molecule has 0 saturated carbocycles. The lowest BCUT2D eigenvalue weighted by molar-refractivity contribution is -0.00459. The normalized spacial score (nSPS) is 24.9. The molecule has 5 nitrogen and oxygen atoms in total. The van der Waals surface area contributed by atoms with Crippen LogP contribution < -0.4 is 5.73 Å². The Hall–Kier alpha value is -0.940. The molecule has 1 aromatic heterocycles. The van der Waals surface area contributed by atoms with E-state index >= 15 is 0 Å². The lowest BCUT2D eigenvalue weighted by Crippen LogP contribution is -2.12. The van der Waals surface area contributed by atoms with Gasteiger partial charge in [0.1, 0.15) is 6.10 Å². The van der Waals surface area contributed by atoms with Crippen LogP contribution in [-0.4, -0.2) is 16.7 Å². The summed E-state index contributed by atoms with van der Waals surface area (Å²) in [5.74, 6) is 1.12. The Labute approximate surface area is 82.6 Å². The number of nitrogens with two attached hydrogens (primary N) is 1. The summed E-state index contributed by atoms with van der Waals surface area (Å²) in [7, 11) is 0. The van der Waals surface area contributed by atoms with E-state index < -0.39 is 0 Å². The predicted molar refractivity (Wildman–Crippen MR) is 49.4 cm³/mol. The average molecular weight is 197 g/mol. The molecule has 2 unspecified atom stereocenters. The molecule has 1 aliphatic rings. The van der Waals surface area contributed by atoms with Crippen LogP contribution in [0.5, 0.6) is 0 Å². The Morgan fingerprint density at radius 1 is 1.50 bits per heavy atom. The number of hydrogen-bond donors (Lipinski definition) is 1. The molecule has 0 aliphatic carbocycles. The van der Waals surface area contributed by atoms with Crippen LogP contribution in [0.4, 0.5) is 0 Å². The summed E-state index contributed by atoms with van der Waals surface area (Å²) in [6, 6.07) is -0.184. The monoisotopic (exact) mass is 197 g/mol. The molecule has 78 valence electrons. The average Bonchev–Trinajstić information content (AvgIpc) is 2.68. The summed E-state index contributed by atoms with van der Waals surface area (Å²) in [6.07, 6.45) is 3.20. The molecule has 0 aromatic carbocycles. The molecule has 14 heavy (non-hydrogen) atoms. The standard InChI is InChI=1S/C9H15N3O2/c1-6(10)8-11-9(14-12-8)7-4-2-3-5-13-7/h6-7H,2-5,10H2,1H3. The molecule has 1 fully saturated rings. The van der Waals surface area contributed by atoms with Crippen LogP contribution in [0.1, 0.15) is 50.0 Å². The third-order valence-electron chi connectivity index (χ3n) is 2.32. The molecule has 0 radical (unpaired) electrons. The van der Waals surface area contributed by atoms with Crippen LogP contribution in [0.2, 0.25) is 0 Å². The van der Waals surface area contributed by atoms with Gasteiger partial charge < -0.3 is 15.0 Å². The summed E-state index contributed by atoms with van der Waals surface area (Å²) in [5, 5.41) is 3.80. The molecule has 0 bridgehead atoms. The molecule has 5 heteroatoms. The zero-order valence-corrected chi connectivity index (χ0v) is 8.27. The Balaban J connectivity index is 2.07. The number of aromatic nitrogens is 2. The van der Waals surface area contributed by atoms with Gasteiger partial charge in [0.15, 0.2) is 5.82 Å². The van der Waals surface area contributed by atoms with Crippen molar-refractivity contribution < 1.29 is 9.26 Å². The maximum atomic E-state index is 5.63. The van der Waals surface area contributed by atoms with E-state index in [0.717, 1.165) is 25.9 Å². The molecule has 2 atom stereocenters. The second-order valence-corrected chi connectivity index (χ2v) is 3.63. The second-order valence-electron chi connectivity index (χ2n) is 3.63. The second kappa shape index (κ2) is 4.06. The van der Waals surface area contributed by atoms with Gasteiger partial charge in [-0.3, -0.25) is 0 Å². The Bertz CT molecular complexity index is 292. The molecule has 2 rings (SSSR count). The van der Waals surface area contributed by atoms with Gasteiger partial charge in [-0.2, -0.15) is 4.98 Å². The molecule has 2 heterocycles. The smallest absolute Gasteiger partial charge is 0.255 e. The summed E-state index contributed by atoms with van der Waals surface area (Å²) >= 11 is 0. The van der Waals surface area contributed by atoms with Gasteiger partial charge in [-0.05, 0) is 26.2 Å². The van der Waals surface area contributed by atoms with E-state index in [0.29, 0.717) is 11.7 Å². The van der Waals surface area contributed by atoms with Crippen molar-refractivity contribution in [2.24, 2.45) is 5.73 Å². The first kappa shape index (κ1) is 9.61. The van der Waals surface area contributed by atoms with Gasteiger partial charge in [0.2, 0.25) is 0 Å². The Morgan fingerprint density at radius 2 is 2.36 bits per heavy atom. The van der Waals surface area contributed by atoms with Crippen molar-refractivity contribution in [3.63, 3.8) is 0 Å². The van der Waals surface area contributed by atoms with E-state index in [2.05, 4.69) is 10.1 Å². The highest BCUT2D eigenvalue weighted by atomic mass is 16.5. The molecular formula is C9H15N3O2. The fraction of sp³-hybridized carbons (Fsp3) is 0.778. The minimum atomic E-state index is -0.184. The summed E-state index contributed by atoms with van der Waals surface area (Å²) < 4.78 is 10.6. The lowest BCUT2D eigenvalue weighted by Gasteiger charge is -2.18. The van der Waals surface area contributed by atoms with Crippen LogP contribution in [0.3, 0.4) is 0 Å². The van der Waals surface area contributed by atoms with Crippen LogP contribution in [0.15, 0.2) is 4.52 Å². The van der Waals surface area contributed by atoms with Crippen LogP contribution in [0.25, 0.3) is 0 Å². The quantitative estimate of drug-likeness (QED) is 0.774. The van der Waals surface area contributed by atoms with E-state index in [1.807, 2.05) is 6.92 Å². The van der Waals surface area contributed by atoms with Gasteiger partial charge in [0.25, 0.3) is 5.89 Å². The van der Waals surface area contributed by atoms with E-state index in [1.165, 1.54) is 0 Å². The predicted octanol–water partition coefficient (Wildman–Crippen LogP) is 1.33. The molecule has 1 aliphatic heterocycles. The maximum Gasteiger partial charge on any atom is 0.255 e. The van der Waals surface area contributed by atoms with Gasteiger partial charge in [-0.1, -0.05) is 5.16 Å². The van der Waals surface area contributed by atoms with Crippen LogP contribution >= 0.6 is 0 Å². The van der Waals surface area contributed by atoms with Crippen molar-refractivity contribution in [3.05, 3.63) is 11.7 Å². The third kappa shape index (κ3) is 1.93. The Morgan fingerprint density at radius 3 is 2.93 bits per heavy atom. The Kier molecular flexibility index (Phi) is 2.79. The van der Waals surface area contributed by atoms with Crippen LogP contribution in [0, 0.1) is 0 Å². The van der Waals surface area contributed by atoms with Gasteiger partial charge in [0, 0.05) is 6.61 Å². The molecule has 0 amide bonds. The molecule has 1 saturated heterocycles. The fourth-order valence-corrected chi connectivity index (χ4v) is 1.50. The third-order valence-corrected chi connectivity index (χ3v) is 2.32. The number of rotatable bonds is 2. The highest BCUT2D eigenvalue weighted by Gasteiger charge is 2.22. The molecular weight excluding hydrogens is 182 g/mol. The van der Waals surface area contributed by atoms with Gasteiger partial charge >= 0.3 is 0 Å². The number of ether oxygens (including phenoxy) is 1. The molecule has 1 aromatic rings. The molecule has 2 N–H and O–H groups in total. The van der Waals surface area contributed by atoms with Crippen molar-refractivity contribution in [2.45, 2.75) is 38.3 Å². The minimum absolute atomic E-state index is 0.0243. The van der Waals surface area contributed by atoms with Gasteiger partial charge in [-0.15, -0.1) is 0 Å². The van der Waals surface area contributed by atoms with E-state index in [4.69, 9.17) is 15.0 Å². The number of hydrogen-bond acceptors (Lipinski definition) is 5. The van der Waals surface area contributed by atoms with E-state index in [-0.39, 0.29) is 12.1 Å². The van der Waals surface area contributed by atoms with E-state index in [9.17, 15) is 0 Å². The summed E-state index contributed by atoms with van der Waals surface area (Å²) in [4.78, 5) is 4.21. The molecule has 0 spiro atoms. The number of nitrogens with zero attached hydrogens (tertiary/aromatic N) is 2. The lowest BCUT2D eigenvalue weighted by atomic mass is 10.1. The topological polar surface area (TPSA) is 74.2 Å². The largest absolute Gasteiger partial charge is 0.368 e. The first-order valence-electron chi connectivity index (χ1n) is 4.98. The van der Waals surface area contributed by atoms with Crippen molar-refractivity contribution in [3.8, 4) is 0 Å². The minimum Gasteiger partial charge on any atom is -0.368 e. The highest BCUT2D eigenvalue weighted by Crippen LogP contribution is 2.26. The summed E-state index contributed by atoms with van der Waals surface area (Å²) in [5.41, 5.74) is 5.63. The fourth-order valence-electron chi connectivity index (χ4n) is 1.50. The van der Waals surface area contributed by atoms with Crippen LogP contribution in [-0.2, 0) is 4.74 Å². The highest BCUT2D eigenvalue weighted by molar-refractivity contribution is 4.94. The van der Waals surface area contributed by atoms with Gasteiger partial charge in [0.05, 0.1) is 6.04 Å². The zero-order chi connectivity index (χ0) is 9.97. The first-order valence-corrected chi connectivity index (χ1v) is 4.98. The first-order chi connectivity index (χ1) is 6.77. The zero-order valence-electron chi connectivity index (χ0n) is 8.27. The summed E-state index contributed by atoms with van der Waals surface area (Å²) in [6.45, 7) is 2.61. The SMILES string of the molecule is CC(N)c1noc(C2CCCCO2)n1. The van der Waals surface area contributed by atoms with Crippen molar-refractivity contribution in [1.29, 1.82) is 0 Å². The van der Waals surface area contributed by atoms with Crippen molar-refractivity contribution >= 4 is 0 Å². The van der Waals surface area contributed by atoms with E-state index in [1.54, 1.807) is 0 Å².